The largest absolute Gasteiger partial charge is 0.348 e. The molecule has 0 unspecified atom stereocenters. The van der Waals surface area contributed by atoms with Gasteiger partial charge in [-0.2, -0.15) is 0 Å². The average Bonchev–Trinajstić information content (AvgIpc) is 2.42. The van der Waals surface area contributed by atoms with Gasteiger partial charge in [0.1, 0.15) is 0 Å². The molecule has 104 valence electrons. The van der Waals surface area contributed by atoms with E-state index < -0.39 is 0 Å². The van der Waals surface area contributed by atoms with Crippen molar-refractivity contribution >= 4 is 5.69 Å². The number of para-hydroxylation sites is 1. The second-order valence-corrected chi connectivity index (χ2v) is 5.74. The zero-order chi connectivity index (χ0) is 13.5. The summed E-state index contributed by atoms with van der Waals surface area (Å²) in [5.74, 6) is 0. The molecule has 19 heavy (non-hydrogen) atoms. The maximum absolute atomic E-state index is 2.45. The molecule has 1 aromatic rings. The lowest BCUT2D eigenvalue weighted by Crippen LogP contribution is -2.22. The number of hydrogen-bond acceptors (Lipinski definition) is 1. The van der Waals surface area contributed by atoms with Gasteiger partial charge in [-0.15, -0.1) is 0 Å². The molecule has 0 amide bonds. The second kappa shape index (κ2) is 7.37. The highest BCUT2D eigenvalue weighted by Gasteiger charge is 2.14. The van der Waals surface area contributed by atoms with Crippen molar-refractivity contribution < 1.29 is 0 Å². The van der Waals surface area contributed by atoms with Gasteiger partial charge < -0.3 is 4.90 Å². The molecule has 0 saturated carbocycles. The van der Waals surface area contributed by atoms with Gasteiger partial charge in [-0.3, -0.25) is 0 Å². The Hall–Kier alpha value is -1.24. The Balaban J connectivity index is 1.84. The van der Waals surface area contributed by atoms with Crippen LogP contribution in [0.25, 0.3) is 0 Å². The Morgan fingerprint density at radius 1 is 1.00 bits per heavy atom. The maximum Gasteiger partial charge on any atom is 0.0441 e. The Morgan fingerprint density at radius 2 is 1.74 bits per heavy atom. The summed E-state index contributed by atoms with van der Waals surface area (Å²) in [6, 6.07) is 8.83. The minimum atomic E-state index is 1.11. The van der Waals surface area contributed by atoms with E-state index in [0.29, 0.717) is 0 Å². The van der Waals surface area contributed by atoms with Gasteiger partial charge in [0, 0.05) is 18.4 Å². The van der Waals surface area contributed by atoms with Gasteiger partial charge in [-0.25, -0.2) is 0 Å². The molecule has 0 aliphatic carbocycles. The van der Waals surface area contributed by atoms with E-state index in [9.17, 15) is 0 Å². The van der Waals surface area contributed by atoms with Gasteiger partial charge >= 0.3 is 0 Å². The van der Waals surface area contributed by atoms with Gasteiger partial charge in [0.2, 0.25) is 0 Å². The van der Waals surface area contributed by atoms with Crippen LogP contribution in [0.15, 0.2) is 36.0 Å². The third-order valence-corrected chi connectivity index (χ3v) is 3.90. The fraction of sp³-hybridized carbons (Fsp3) is 0.556. The number of nitrogens with zero attached hydrogens (tertiary/aromatic N) is 1. The highest BCUT2D eigenvalue weighted by Crippen LogP contribution is 2.28. The third kappa shape index (κ3) is 4.12. The summed E-state index contributed by atoms with van der Waals surface area (Å²) in [6.45, 7) is 5.68. The van der Waals surface area contributed by atoms with Crippen molar-refractivity contribution in [2.24, 2.45) is 0 Å². The summed E-state index contributed by atoms with van der Waals surface area (Å²) in [6.07, 6.45) is 11.7. The zero-order valence-corrected chi connectivity index (χ0v) is 12.5. The molecule has 1 aliphatic rings. The Kier molecular flexibility index (Phi) is 5.50. The van der Waals surface area contributed by atoms with Crippen molar-refractivity contribution in [1.82, 2.24) is 0 Å². The van der Waals surface area contributed by atoms with Crippen molar-refractivity contribution in [1.29, 1.82) is 0 Å². The van der Waals surface area contributed by atoms with E-state index in [1.54, 1.807) is 0 Å². The molecule has 0 N–H and O–H groups in total. The van der Waals surface area contributed by atoms with Crippen molar-refractivity contribution in [3.05, 3.63) is 41.6 Å². The molecule has 0 atom stereocenters. The molecular formula is C18H27N. The summed E-state index contributed by atoms with van der Waals surface area (Å²) in [5, 5.41) is 0. The maximum atomic E-state index is 2.45. The number of allylic oxidation sites excluding steroid dienone is 1. The molecule has 1 nitrogen and oxygen atoms in total. The molecular weight excluding hydrogens is 230 g/mol. The van der Waals surface area contributed by atoms with Crippen LogP contribution < -0.4 is 4.90 Å². The summed E-state index contributed by atoms with van der Waals surface area (Å²) >= 11 is 0. The second-order valence-electron chi connectivity index (χ2n) is 5.74. The number of hydrogen-bond donors (Lipinski definition) is 0. The molecule has 0 bridgehead atoms. The van der Waals surface area contributed by atoms with Gasteiger partial charge in [0.05, 0.1) is 0 Å². The van der Waals surface area contributed by atoms with Crippen molar-refractivity contribution in [2.45, 2.75) is 58.8 Å². The quantitative estimate of drug-likeness (QED) is 0.598. The van der Waals surface area contributed by atoms with Gasteiger partial charge in [-0.1, -0.05) is 62.8 Å². The summed E-state index contributed by atoms with van der Waals surface area (Å²) < 4.78 is 0. The van der Waals surface area contributed by atoms with Crippen LogP contribution in [0, 0.1) is 0 Å². The lowest BCUT2D eigenvalue weighted by molar-refractivity contribution is 0.607. The SMILES string of the molecule is CCCCCCCCN1C=C(C)Cc2ccccc21. The first kappa shape index (κ1) is 14.2. The van der Waals surface area contributed by atoms with E-state index in [1.807, 2.05) is 0 Å². The molecule has 0 radical (unpaired) electrons. The normalized spacial score (nSPS) is 14.2. The Morgan fingerprint density at radius 3 is 2.58 bits per heavy atom. The molecule has 1 aromatic carbocycles. The van der Waals surface area contributed by atoms with E-state index in [2.05, 4.69) is 49.2 Å². The summed E-state index contributed by atoms with van der Waals surface area (Å²) in [7, 11) is 0. The highest BCUT2D eigenvalue weighted by molar-refractivity contribution is 5.59. The van der Waals surface area contributed by atoms with Crippen molar-refractivity contribution in [3.63, 3.8) is 0 Å². The Labute approximate surface area is 118 Å². The van der Waals surface area contributed by atoms with Crippen LogP contribution in [0.5, 0.6) is 0 Å². The van der Waals surface area contributed by atoms with E-state index in [0.717, 1.165) is 6.42 Å². The first-order chi connectivity index (χ1) is 9.31. The molecule has 1 aliphatic heterocycles. The van der Waals surface area contributed by atoms with Crippen molar-refractivity contribution in [3.8, 4) is 0 Å². The van der Waals surface area contributed by atoms with E-state index in [-0.39, 0.29) is 0 Å². The molecule has 1 heteroatoms. The summed E-state index contributed by atoms with van der Waals surface area (Å²) in [4.78, 5) is 2.45. The van der Waals surface area contributed by atoms with Crippen LogP contribution in [-0.2, 0) is 6.42 Å². The van der Waals surface area contributed by atoms with Crippen LogP contribution in [0.3, 0.4) is 0 Å². The topological polar surface area (TPSA) is 3.24 Å². The lowest BCUT2D eigenvalue weighted by Gasteiger charge is -2.28. The van der Waals surface area contributed by atoms with E-state index in [4.69, 9.17) is 0 Å². The number of unbranched alkanes of at least 4 members (excludes halogenated alkanes) is 5. The smallest absolute Gasteiger partial charge is 0.0441 e. The predicted molar refractivity (Wildman–Crippen MR) is 84.6 cm³/mol. The summed E-state index contributed by atoms with van der Waals surface area (Å²) in [5.41, 5.74) is 4.37. The van der Waals surface area contributed by atoms with E-state index >= 15 is 0 Å². The minimum absolute atomic E-state index is 1.11. The third-order valence-electron chi connectivity index (χ3n) is 3.90. The first-order valence-electron chi connectivity index (χ1n) is 7.83. The van der Waals surface area contributed by atoms with Gasteiger partial charge in [-0.05, 0) is 31.4 Å². The fourth-order valence-corrected chi connectivity index (χ4v) is 2.87. The molecule has 0 spiro atoms. The highest BCUT2D eigenvalue weighted by atomic mass is 15.1. The van der Waals surface area contributed by atoms with Crippen LogP contribution in [-0.4, -0.2) is 6.54 Å². The number of anilines is 1. The molecule has 0 saturated heterocycles. The number of rotatable bonds is 7. The zero-order valence-electron chi connectivity index (χ0n) is 12.5. The predicted octanol–water partition coefficient (Wildman–Crippen LogP) is 5.31. The molecule has 1 heterocycles. The number of benzene rings is 1. The van der Waals surface area contributed by atoms with Crippen LogP contribution in [0.1, 0.15) is 57.9 Å². The van der Waals surface area contributed by atoms with Crippen molar-refractivity contribution in [2.75, 3.05) is 11.4 Å². The standard InChI is InChI=1S/C18H27N/c1-3-4-5-6-7-10-13-19-15-16(2)14-17-11-8-9-12-18(17)19/h8-9,11-12,15H,3-7,10,13-14H2,1-2H3. The van der Waals surface area contributed by atoms with Gasteiger partial charge in [0.15, 0.2) is 0 Å². The number of fused-ring (bicyclic) bond motifs is 1. The Bertz CT molecular complexity index is 419. The minimum Gasteiger partial charge on any atom is -0.348 e. The first-order valence-corrected chi connectivity index (χ1v) is 7.83. The van der Waals surface area contributed by atoms with Crippen LogP contribution in [0.4, 0.5) is 5.69 Å². The lowest BCUT2D eigenvalue weighted by atomic mass is 10.0. The van der Waals surface area contributed by atoms with Crippen LogP contribution in [0.2, 0.25) is 0 Å². The van der Waals surface area contributed by atoms with E-state index in [1.165, 1.54) is 61.9 Å². The molecule has 0 fully saturated rings. The molecule has 2 rings (SSSR count). The van der Waals surface area contributed by atoms with Crippen LogP contribution >= 0.6 is 0 Å². The monoisotopic (exact) mass is 257 g/mol. The van der Waals surface area contributed by atoms with Gasteiger partial charge in [0.25, 0.3) is 0 Å². The molecule has 0 aromatic heterocycles. The average molecular weight is 257 g/mol. The fourth-order valence-electron chi connectivity index (χ4n) is 2.87.